The number of hydrogen-bond acceptors (Lipinski definition) is 1. The lowest BCUT2D eigenvalue weighted by Crippen LogP contribution is -2.23. The first-order chi connectivity index (χ1) is 7.77. The highest BCUT2D eigenvalue weighted by molar-refractivity contribution is 6.42. The van der Waals surface area contributed by atoms with Gasteiger partial charge in [-0.3, -0.25) is 0 Å². The summed E-state index contributed by atoms with van der Waals surface area (Å²) in [5, 5.41) is 0.0448. The van der Waals surface area contributed by atoms with Crippen LogP contribution >= 0.6 is 23.2 Å². The van der Waals surface area contributed by atoms with Crippen LogP contribution in [0.5, 0.6) is 0 Å². The molecule has 0 aliphatic rings. The van der Waals surface area contributed by atoms with E-state index in [1.807, 2.05) is 0 Å². The second-order valence-corrected chi connectivity index (χ2v) is 4.54. The molecule has 0 saturated heterocycles. The van der Waals surface area contributed by atoms with Crippen LogP contribution < -0.4 is 5.73 Å². The first-order valence-electron chi connectivity index (χ1n) is 5.07. The third-order valence-electron chi connectivity index (χ3n) is 2.49. The maximum absolute atomic E-state index is 12.8. The Balaban J connectivity index is 3.27. The van der Waals surface area contributed by atoms with Gasteiger partial charge in [0, 0.05) is 6.04 Å². The van der Waals surface area contributed by atoms with Crippen molar-refractivity contribution in [3.05, 3.63) is 33.3 Å². The fraction of sp³-hybridized carbons (Fsp3) is 0.455. The molecule has 1 aromatic carbocycles. The van der Waals surface area contributed by atoms with Crippen LogP contribution in [0.15, 0.2) is 12.1 Å². The number of benzene rings is 1. The summed E-state index contributed by atoms with van der Waals surface area (Å²) in [6, 6.07) is 1.71. The zero-order chi connectivity index (χ0) is 13.2. The molecule has 1 aromatic rings. The highest BCUT2D eigenvalue weighted by Crippen LogP contribution is 2.38. The van der Waals surface area contributed by atoms with Crippen LogP contribution in [0.4, 0.5) is 13.2 Å². The maximum Gasteiger partial charge on any atom is 0.416 e. The van der Waals surface area contributed by atoms with Gasteiger partial charge in [-0.1, -0.05) is 30.1 Å². The molecule has 1 atom stereocenters. The molecule has 1 nitrogen and oxygen atoms in total. The minimum absolute atomic E-state index is 0.0268. The highest BCUT2D eigenvalue weighted by atomic mass is 35.5. The Morgan fingerprint density at radius 1 is 1.29 bits per heavy atom. The van der Waals surface area contributed by atoms with E-state index >= 15 is 0 Å². The first kappa shape index (κ1) is 14.6. The largest absolute Gasteiger partial charge is 0.416 e. The monoisotopic (exact) mass is 285 g/mol. The molecule has 0 aliphatic heterocycles. The number of halogens is 5. The molecule has 6 heteroatoms. The van der Waals surface area contributed by atoms with Crippen molar-refractivity contribution in [2.24, 2.45) is 5.73 Å². The van der Waals surface area contributed by atoms with E-state index in [4.69, 9.17) is 28.9 Å². The Morgan fingerprint density at radius 3 is 2.35 bits per heavy atom. The standard InChI is InChI=1S/C11H12Cl2F3N/c1-2-6(17)5-7-8(11(14,15)16)3-4-9(12)10(7)13/h3-4,6H,2,5,17H2,1H3. The SMILES string of the molecule is CCC(N)Cc1c(C(F)(F)F)ccc(Cl)c1Cl. The summed E-state index contributed by atoms with van der Waals surface area (Å²) in [4.78, 5) is 0. The molecule has 0 saturated carbocycles. The van der Waals surface area contributed by atoms with E-state index in [1.54, 1.807) is 6.92 Å². The van der Waals surface area contributed by atoms with Gasteiger partial charge in [0.1, 0.15) is 0 Å². The lowest BCUT2D eigenvalue weighted by Gasteiger charge is -2.17. The molecule has 1 rings (SSSR count). The molecule has 0 heterocycles. The molecule has 96 valence electrons. The van der Waals surface area contributed by atoms with Crippen LogP contribution in [-0.4, -0.2) is 6.04 Å². The molecule has 1 unspecified atom stereocenters. The summed E-state index contributed by atoms with van der Waals surface area (Å²) in [7, 11) is 0. The van der Waals surface area contributed by atoms with E-state index in [-0.39, 0.29) is 28.1 Å². The minimum atomic E-state index is -4.45. The summed E-state index contributed by atoms with van der Waals surface area (Å²) in [5.74, 6) is 0. The van der Waals surface area contributed by atoms with Crippen molar-refractivity contribution < 1.29 is 13.2 Å². The molecular weight excluding hydrogens is 274 g/mol. The summed E-state index contributed by atoms with van der Waals surface area (Å²) >= 11 is 11.5. The van der Waals surface area contributed by atoms with E-state index in [9.17, 15) is 13.2 Å². The fourth-order valence-corrected chi connectivity index (χ4v) is 1.88. The topological polar surface area (TPSA) is 26.0 Å². The number of alkyl halides is 3. The van der Waals surface area contributed by atoms with Crippen molar-refractivity contribution >= 4 is 23.2 Å². The van der Waals surface area contributed by atoms with Crippen molar-refractivity contribution in [2.75, 3.05) is 0 Å². The van der Waals surface area contributed by atoms with E-state index in [0.29, 0.717) is 6.42 Å². The molecule has 0 aromatic heterocycles. The molecule has 0 radical (unpaired) electrons. The van der Waals surface area contributed by atoms with Crippen LogP contribution in [0, 0.1) is 0 Å². The van der Waals surface area contributed by atoms with E-state index < -0.39 is 11.7 Å². The van der Waals surface area contributed by atoms with E-state index in [2.05, 4.69) is 0 Å². The first-order valence-corrected chi connectivity index (χ1v) is 5.82. The quantitative estimate of drug-likeness (QED) is 0.881. The van der Waals surface area contributed by atoms with Crippen molar-refractivity contribution in [3.8, 4) is 0 Å². The molecule has 0 fully saturated rings. The van der Waals surface area contributed by atoms with Gasteiger partial charge in [-0.05, 0) is 30.5 Å². The van der Waals surface area contributed by atoms with Gasteiger partial charge >= 0.3 is 6.18 Å². The van der Waals surface area contributed by atoms with Crippen LogP contribution in [0.3, 0.4) is 0 Å². The van der Waals surface area contributed by atoms with Crippen molar-refractivity contribution in [1.82, 2.24) is 0 Å². The van der Waals surface area contributed by atoms with Gasteiger partial charge in [0.05, 0.1) is 15.6 Å². The predicted molar refractivity (Wildman–Crippen MR) is 63.4 cm³/mol. The fourth-order valence-electron chi connectivity index (χ4n) is 1.46. The van der Waals surface area contributed by atoms with E-state index in [0.717, 1.165) is 12.1 Å². The van der Waals surface area contributed by atoms with Gasteiger partial charge in [-0.2, -0.15) is 13.2 Å². The minimum Gasteiger partial charge on any atom is -0.327 e. The Hall–Kier alpha value is -0.450. The Kier molecular flexibility index (Phi) is 4.69. The van der Waals surface area contributed by atoms with Crippen molar-refractivity contribution in [1.29, 1.82) is 0 Å². The smallest absolute Gasteiger partial charge is 0.327 e. The third kappa shape index (κ3) is 3.50. The summed E-state index contributed by atoms with van der Waals surface area (Å²) in [6.07, 6.45) is -3.82. The Morgan fingerprint density at radius 2 is 1.88 bits per heavy atom. The zero-order valence-electron chi connectivity index (χ0n) is 9.11. The molecule has 17 heavy (non-hydrogen) atoms. The zero-order valence-corrected chi connectivity index (χ0v) is 10.6. The average molecular weight is 286 g/mol. The number of hydrogen-bond donors (Lipinski definition) is 1. The van der Waals surface area contributed by atoms with Gasteiger partial charge in [-0.15, -0.1) is 0 Å². The second-order valence-electron chi connectivity index (χ2n) is 3.76. The number of nitrogens with two attached hydrogens (primary N) is 1. The maximum atomic E-state index is 12.8. The van der Waals surface area contributed by atoms with Gasteiger partial charge in [0.25, 0.3) is 0 Å². The lowest BCUT2D eigenvalue weighted by atomic mass is 9.99. The van der Waals surface area contributed by atoms with Crippen LogP contribution in [0.2, 0.25) is 10.0 Å². The van der Waals surface area contributed by atoms with Gasteiger partial charge < -0.3 is 5.73 Å². The van der Waals surface area contributed by atoms with Crippen LogP contribution in [0.25, 0.3) is 0 Å². The molecular formula is C11H12Cl2F3N. The molecule has 0 bridgehead atoms. The molecule has 0 aliphatic carbocycles. The summed E-state index contributed by atoms with van der Waals surface area (Å²) < 4.78 is 38.3. The summed E-state index contributed by atoms with van der Waals surface area (Å²) in [6.45, 7) is 1.80. The summed E-state index contributed by atoms with van der Waals surface area (Å²) in [5.41, 5.74) is 4.87. The lowest BCUT2D eigenvalue weighted by molar-refractivity contribution is -0.138. The van der Waals surface area contributed by atoms with Gasteiger partial charge in [0.15, 0.2) is 0 Å². The van der Waals surface area contributed by atoms with Crippen LogP contribution in [0.1, 0.15) is 24.5 Å². The normalized spacial score (nSPS) is 13.8. The van der Waals surface area contributed by atoms with E-state index in [1.165, 1.54) is 0 Å². The second kappa shape index (κ2) is 5.46. The van der Waals surface area contributed by atoms with Crippen molar-refractivity contribution in [2.45, 2.75) is 32.0 Å². The predicted octanol–water partition coefficient (Wildman–Crippen LogP) is 4.29. The highest BCUT2D eigenvalue weighted by Gasteiger charge is 2.34. The Bertz CT molecular complexity index is 404. The van der Waals surface area contributed by atoms with Crippen LogP contribution in [-0.2, 0) is 12.6 Å². The third-order valence-corrected chi connectivity index (χ3v) is 3.34. The number of rotatable bonds is 3. The molecule has 2 N–H and O–H groups in total. The molecule has 0 amide bonds. The Labute approximate surface area is 108 Å². The average Bonchev–Trinajstić information content (AvgIpc) is 2.22. The van der Waals surface area contributed by atoms with Crippen molar-refractivity contribution in [3.63, 3.8) is 0 Å². The van der Waals surface area contributed by atoms with Gasteiger partial charge in [0.2, 0.25) is 0 Å². The molecule has 0 spiro atoms. The van der Waals surface area contributed by atoms with Gasteiger partial charge in [-0.25, -0.2) is 0 Å².